The Morgan fingerprint density at radius 2 is 2.07 bits per heavy atom. The van der Waals surface area contributed by atoms with Gasteiger partial charge in [-0.05, 0) is 31.4 Å². The van der Waals surface area contributed by atoms with E-state index in [-0.39, 0.29) is 5.92 Å². The van der Waals surface area contributed by atoms with Crippen molar-refractivity contribution in [1.29, 1.82) is 0 Å². The molecule has 0 saturated heterocycles. The normalized spacial score (nSPS) is 12.5. The van der Waals surface area contributed by atoms with Gasteiger partial charge in [-0.3, -0.25) is 0 Å². The minimum Gasteiger partial charge on any atom is -0.102 e. The number of benzene rings is 1. The lowest BCUT2D eigenvalue weighted by Gasteiger charge is -2.10. The van der Waals surface area contributed by atoms with E-state index in [0.29, 0.717) is 0 Å². The lowest BCUT2D eigenvalue weighted by atomic mass is 9.95. The third-order valence-corrected chi connectivity index (χ3v) is 2.41. The molecule has 1 unspecified atom stereocenters. The Balaban J connectivity index is 3.00. The predicted octanol–water partition coefficient (Wildman–Crippen LogP) is 4.05. The van der Waals surface area contributed by atoms with Crippen molar-refractivity contribution in [3.8, 4) is 0 Å². The molecule has 1 rings (SSSR count). The van der Waals surface area contributed by atoms with E-state index in [1.807, 2.05) is 6.08 Å². The van der Waals surface area contributed by atoms with Crippen molar-refractivity contribution in [2.24, 2.45) is 0 Å². The molecule has 0 aliphatic rings. The van der Waals surface area contributed by atoms with Crippen LogP contribution in [0.3, 0.4) is 0 Å². The topological polar surface area (TPSA) is 0 Å². The highest BCUT2D eigenvalue weighted by atomic mass is 14.1. The van der Waals surface area contributed by atoms with Gasteiger partial charge in [0.2, 0.25) is 0 Å². The van der Waals surface area contributed by atoms with Gasteiger partial charge in [0.25, 0.3) is 0 Å². The number of allylic oxidation sites excluding steroid dienone is 1. The quantitative estimate of drug-likeness (QED) is 0.624. The lowest BCUT2D eigenvalue weighted by Crippen LogP contribution is -1.93. The average Bonchev–Trinajstić information content (AvgIpc) is 2.16. The van der Waals surface area contributed by atoms with Gasteiger partial charge in [0.05, 0.1) is 0 Å². The summed E-state index contributed by atoms with van der Waals surface area (Å²) in [5.74, 6) is 0.213. The van der Waals surface area contributed by atoms with Gasteiger partial charge in [-0.25, -0.2) is 0 Å². The Labute approximate surface area is 87.7 Å². The van der Waals surface area contributed by atoms with Gasteiger partial charge < -0.3 is 0 Å². The second-order valence-corrected chi connectivity index (χ2v) is 3.84. The van der Waals surface area contributed by atoms with Gasteiger partial charge in [-0.2, -0.15) is 0 Å². The van der Waals surface area contributed by atoms with Crippen LogP contribution in [0, 0.1) is 13.8 Å². The van der Waals surface area contributed by atoms with Gasteiger partial charge in [-0.1, -0.05) is 43.2 Å². The highest BCUT2D eigenvalue weighted by Crippen LogP contribution is 2.19. The second-order valence-electron chi connectivity index (χ2n) is 3.84. The molecule has 0 bridgehead atoms. The zero-order valence-corrected chi connectivity index (χ0v) is 9.22. The zero-order chi connectivity index (χ0) is 10.6. The molecule has 1 aromatic carbocycles. The molecular weight excluding hydrogens is 168 g/mol. The molecule has 0 fully saturated rings. The van der Waals surface area contributed by atoms with Gasteiger partial charge in [0.1, 0.15) is 0 Å². The summed E-state index contributed by atoms with van der Waals surface area (Å²) in [7, 11) is 0. The van der Waals surface area contributed by atoms with Crippen molar-refractivity contribution in [3.63, 3.8) is 0 Å². The van der Waals surface area contributed by atoms with Crippen LogP contribution in [0.5, 0.6) is 0 Å². The summed E-state index contributed by atoms with van der Waals surface area (Å²) in [5.41, 5.74) is 4.02. The van der Waals surface area contributed by atoms with Crippen LogP contribution in [0.15, 0.2) is 30.9 Å². The van der Waals surface area contributed by atoms with Crippen LogP contribution in [0.4, 0.5) is 0 Å². The number of aryl methyl sites for hydroxylation is 2. The molecule has 1 atom stereocenters. The summed E-state index contributed by atoms with van der Waals surface area (Å²) in [4.78, 5) is 0. The molecule has 75 valence electrons. The Morgan fingerprint density at radius 3 is 2.64 bits per heavy atom. The van der Waals surface area contributed by atoms with Crippen molar-refractivity contribution in [2.45, 2.75) is 32.6 Å². The molecule has 0 aromatic heterocycles. The molecular formula is C14H19. The van der Waals surface area contributed by atoms with E-state index in [9.17, 15) is 0 Å². The van der Waals surface area contributed by atoms with Gasteiger partial charge >= 0.3 is 0 Å². The lowest BCUT2D eigenvalue weighted by molar-refractivity contribution is 0.913. The van der Waals surface area contributed by atoms with E-state index in [2.05, 4.69) is 45.5 Å². The van der Waals surface area contributed by atoms with Crippen LogP contribution in [0.2, 0.25) is 0 Å². The van der Waals surface area contributed by atoms with Crippen LogP contribution in [-0.4, -0.2) is 0 Å². The Hall–Kier alpha value is -1.04. The van der Waals surface area contributed by atoms with E-state index >= 15 is 0 Å². The number of hydrogen-bond acceptors (Lipinski definition) is 0. The molecule has 0 aliphatic heterocycles. The van der Waals surface area contributed by atoms with Crippen LogP contribution in [0.1, 0.15) is 36.0 Å². The largest absolute Gasteiger partial charge is 0.102 e. The summed E-state index contributed by atoms with van der Waals surface area (Å²) < 4.78 is 0. The summed E-state index contributed by atoms with van der Waals surface area (Å²) in [6, 6.07) is 6.69. The van der Waals surface area contributed by atoms with Crippen molar-refractivity contribution >= 4 is 0 Å². The molecule has 0 N–H and O–H groups in total. The van der Waals surface area contributed by atoms with Gasteiger partial charge in [0, 0.05) is 5.92 Å². The summed E-state index contributed by atoms with van der Waals surface area (Å²) in [6.07, 6.45) is 4.24. The molecule has 0 heteroatoms. The maximum Gasteiger partial charge on any atom is 0.00158 e. The zero-order valence-electron chi connectivity index (χ0n) is 9.22. The van der Waals surface area contributed by atoms with Crippen LogP contribution in [0.25, 0.3) is 0 Å². The van der Waals surface area contributed by atoms with E-state index in [0.717, 1.165) is 6.42 Å². The van der Waals surface area contributed by atoms with E-state index < -0.39 is 0 Å². The summed E-state index contributed by atoms with van der Waals surface area (Å²) in [6.45, 7) is 12.2. The molecule has 0 saturated carbocycles. The maximum absolute atomic E-state index is 4.05. The fourth-order valence-electron chi connectivity index (χ4n) is 1.68. The molecule has 0 aliphatic carbocycles. The first-order valence-electron chi connectivity index (χ1n) is 5.23. The summed E-state index contributed by atoms with van der Waals surface area (Å²) >= 11 is 0. The van der Waals surface area contributed by atoms with Crippen LogP contribution in [-0.2, 0) is 6.42 Å². The minimum atomic E-state index is 0.213. The number of rotatable bonds is 4. The fraction of sp³-hybridized carbons (Fsp3) is 0.357. The fourth-order valence-corrected chi connectivity index (χ4v) is 1.68. The number of hydrogen-bond donors (Lipinski definition) is 0. The second kappa shape index (κ2) is 4.99. The van der Waals surface area contributed by atoms with Crippen molar-refractivity contribution in [1.82, 2.24) is 0 Å². The Morgan fingerprint density at radius 1 is 1.36 bits per heavy atom. The van der Waals surface area contributed by atoms with E-state index in [1.54, 1.807) is 0 Å². The third kappa shape index (κ3) is 2.73. The van der Waals surface area contributed by atoms with Crippen LogP contribution >= 0.6 is 0 Å². The molecule has 0 spiro atoms. The third-order valence-electron chi connectivity index (χ3n) is 2.41. The molecule has 0 nitrogen and oxygen atoms in total. The SMILES string of the molecule is [CH2]C(C=C)c1cc(C)cc(CCC)c1. The Bertz CT molecular complexity index is 310. The van der Waals surface area contributed by atoms with Crippen LogP contribution < -0.4 is 0 Å². The van der Waals surface area contributed by atoms with E-state index in [4.69, 9.17) is 0 Å². The first-order valence-corrected chi connectivity index (χ1v) is 5.23. The van der Waals surface area contributed by atoms with Crippen molar-refractivity contribution < 1.29 is 0 Å². The molecule has 1 aromatic rings. The van der Waals surface area contributed by atoms with Gasteiger partial charge in [0.15, 0.2) is 0 Å². The maximum atomic E-state index is 4.05. The first-order chi connectivity index (χ1) is 6.67. The Kier molecular flexibility index (Phi) is 3.94. The van der Waals surface area contributed by atoms with E-state index in [1.165, 1.54) is 23.1 Å². The highest BCUT2D eigenvalue weighted by molar-refractivity contribution is 5.34. The highest BCUT2D eigenvalue weighted by Gasteiger charge is 2.03. The predicted molar refractivity (Wildman–Crippen MR) is 63.5 cm³/mol. The van der Waals surface area contributed by atoms with Crippen molar-refractivity contribution in [2.75, 3.05) is 0 Å². The van der Waals surface area contributed by atoms with Crippen molar-refractivity contribution in [3.05, 3.63) is 54.5 Å². The summed E-state index contributed by atoms with van der Waals surface area (Å²) in [5, 5.41) is 0. The smallest absolute Gasteiger partial charge is 0.00158 e. The minimum absolute atomic E-state index is 0.213. The molecule has 0 heterocycles. The molecule has 0 amide bonds. The van der Waals surface area contributed by atoms with Gasteiger partial charge in [-0.15, -0.1) is 6.58 Å². The standard InChI is InChI=1S/C14H19/c1-5-7-13-8-11(3)9-14(10-13)12(4)6-2/h6,8-10,12H,2,4-5,7H2,1,3H3. The molecule has 14 heavy (non-hydrogen) atoms. The average molecular weight is 187 g/mol. The molecule has 1 radical (unpaired) electrons. The first kappa shape index (κ1) is 11.0. The monoisotopic (exact) mass is 187 g/mol.